The van der Waals surface area contributed by atoms with Gasteiger partial charge in [0.1, 0.15) is 5.75 Å². The maximum atomic E-state index is 12.3. The summed E-state index contributed by atoms with van der Waals surface area (Å²) >= 11 is 0. The van der Waals surface area contributed by atoms with Crippen molar-refractivity contribution in [3.8, 4) is 5.75 Å². The summed E-state index contributed by atoms with van der Waals surface area (Å²) in [4.78, 5) is 18.6. The minimum absolute atomic E-state index is 0.104. The molecule has 0 bridgehead atoms. The molecule has 4 heterocycles. The lowest BCUT2D eigenvalue weighted by Crippen LogP contribution is -2.51. The highest BCUT2D eigenvalue weighted by atomic mass is 16.5. The summed E-state index contributed by atoms with van der Waals surface area (Å²) in [6, 6.07) is 6.53. The van der Waals surface area contributed by atoms with Crippen molar-refractivity contribution >= 4 is 16.9 Å². The maximum absolute atomic E-state index is 12.3. The summed E-state index contributed by atoms with van der Waals surface area (Å²) in [6.07, 6.45) is 3.67. The second kappa shape index (κ2) is 6.55. The van der Waals surface area contributed by atoms with Gasteiger partial charge in [0.2, 0.25) is 0 Å². The molecule has 2 aromatic rings. The van der Waals surface area contributed by atoms with Crippen LogP contribution in [0.3, 0.4) is 0 Å². The van der Waals surface area contributed by atoms with Gasteiger partial charge in [0.15, 0.2) is 0 Å². The molecule has 4 atom stereocenters. The average Bonchev–Trinajstić information content (AvgIpc) is 3.10. The third-order valence-corrected chi connectivity index (χ3v) is 6.84. The lowest BCUT2D eigenvalue weighted by atomic mass is 9.72. The number of piperidine rings is 1. The Bertz CT molecular complexity index is 963. The Balaban J connectivity index is 1.54. The van der Waals surface area contributed by atoms with E-state index in [1.165, 1.54) is 23.8 Å². The van der Waals surface area contributed by atoms with E-state index in [1.54, 1.807) is 13.4 Å². The number of H-pyrrole nitrogens is 1. The minimum Gasteiger partial charge on any atom is -0.497 e. The Morgan fingerprint density at radius 1 is 1.32 bits per heavy atom. The first-order valence-corrected chi connectivity index (χ1v) is 9.97. The zero-order chi connectivity index (χ0) is 19.4. The highest BCUT2D eigenvalue weighted by Crippen LogP contribution is 2.47. The maximum Gasteiger partial charge on any atom is 0.337 e. The van der Waals surface area contributed by atoms with Crippen molar-refractivity contribution < 1.29 is 19.0 Å². The number of rotatable bonds is 2. The summed E-state index contributed by atoms with van der Waals surface area (Å²) in [5.41, 5.74) is 4.49. The molecule has 0 amide bonds. The van der Waals surface area contributed by atoms with E-state index in [0.717, 1.165) is 37.2 Å². The first kappa shape index (κ1) is 17.6. The average molecular weight is 382 g/mol. The molecule has 0 saturated carbocycles. The highest BCUT2D eigenvalue weighted by Gasteiger charge is 2.46. The molecule has 1 unspecified atom stereocenters. The molecule has 1 saturated heterocycles. The van der Waals surface area contributed by atoms with Gasteiger partial charge in [-0.25, -0.2) is 4.79 Å². The van der Waals surface area contributed by atoms with Crippen molar-refractivity contribution in [2.45, 2.75) is 31.9 Å². The predicted octanol–water partition coefficient (Wildman–Crippen LogP) is 3.19. The molecule has 148 valence electrons. The van der Waals surface area contributed by atoms with E-state index in [2.05, 4.69) is 28.9 Å². The smallest absolute Gasteiger partial charge is 0.337 e. The number of carbonyl (C=O) groups excluding carboxylic acids is 1. The van der Waals surface area contributed by atoms with Gasteiger partial charge in [-0.2, -0.15) is 0 Å². The number of benzene rings is 1. The number of aromatic nitrogens is 1. The van der Waals surface area contributed by atoms with Gasteiger partial charge in [-0.05, 0) is 37.5 Å². The first-order valence-electron chi connectivity index (χ1n) is 9.97. The van der Waals surface area contributed by atoms with Gasteiger partial charge in [-0.15, -0.1) is 0 Å². The summed E-state index contributed by atoms with van der Waals surface area (Å²) in [5.74, 6) is 1.05. The predicted molar refractivity (Wildman–Crippen MR) is 105 cm³/mol. The molecule has 0 aliphatic carbocycles. The number of hydrogen-bond acceptors (Lipinski definition) is 5. The summed E-state index contributed by atoms with van der Waals surface area (Å²) < 4.78 is 16.2. The lowest BCUT2D eigenvalue weighted by Gasteiger charge is -2.49. The van der Waals surface area contributed by atoms with E-state index in [1.807, 2.05) is 6.07 Å². The second-order valence-corrected chi connectivity index (χ2v) is 8.10. The second-order valence-electron chi connectivity index (χ2n) is 8.10. The summed E-state index contributed by atoms with van der Waals surface area (Å²) in [6.45, 7) is 4.07. The van der Waals surface area contributed by atoms with Crippen LogP contribution in [-0.2, 0) is 20.7 Å². The fraction of sp³-hybridized carbons (Fsp3) is 0.500. The molecule has 3 aliphatic rings. The fourth-order valence-corrected chi connectivity index (χ4v) is 5.35. The van der Waals surface area contributed by atoms with Gasteiger partial charge in [0.25, 0.3) is 0 Å². The molecular weight excluding hydrogens is 356 g/mol. The van der Waals surface area contributed by atoms with E-state index >= 15 is 0 Å². The molecular formula is C22H26N2O4. The molecule has 0 spiro atoms. The van der Waals surface area contributed by atoms with Crippen LogP contribution in [0.5, 0.6) is 5.75 Å². The molecule has 6 nitrogen and oxygen atoms in total. The number of hydrogen-bond donors (Lipinski definition) is 1. The topological polar surface area (TPSA) is 63.8 Å². The van der Waals surface area contributed by atoms with E-state index in [-0.39, 0.29) is 24.0 Å². The van der Waals surface area contributed by atoms with Crippen molar-refractivity contribution in [3.05, 3.63) is 41.3 Å². The largest absolute Gasteiger partial charge is 0.497 e. The molecule has 6 heteroatoms. The third-order valence-electron chi connectivity index (χ3n) is 6.84. The normalized spacial score (nSPS) is 29.2. The molecule has 1 aromatic carbocycles. The SMILES string of the molecule is COC(=O)C1=COC(C)[C@@H]2CN3CCc4c([nH]c5cc(OC)ccc45)[C@@H]3C[C@H]12. The van der Waals surface area contributed by atoms with Crippen molar-refractivity contribution in [2.75, 3.05) is 27.3 Å². The van der Waals surface area contributed by atoms with E-state index in [4.69, 9.17) is 14.2 Å². The third kappa shape index (κ3) is 2.54. The Hall–Kier alpha value is -2.47. The lowest BCUT2D eigenvalue weighted by molar-refractivity contribution is -0.139. The van der Waals surface area contributed by atoms with Crippen LogP contribution in [0.2, 0.25) is 0 Å². The first-order chi connectivity index (χ1) is 13.6. The van der Waals surface area contributed by atoms with Crippen molar-refractivity contribution in [3.63, 3.8) is 0 Å². The Morgan fingerprint density at radius 2 is 2.18 bits per heavy atom. The van der Waals surface area contributed by atoms with E-state index in [0.29, 0.717) is 11.5 Å². The van der Waals surface area contributed by atoms with Gasteiger partial charge in [-0.1, -0.05) is 0 Å². The molecule has 5 rings (SSSR count). The molecule has 3 aliphatic heterocycles. The van der Waals surface area contributed by atoms with Gasteiger partial charge in [0.05, 0.1) is 38.2 Å². The van der Waals surface area contributed by atoms with Crippen LogP contribution in [0, 0.1) is 11.8 Å². The molecule has 1 N–H and O–H groups in total. The van der Waals surface area contributed by atoms with Crippen LogP contribution in [0.25, 0.3) is 10.9 Å². The quantitative estimate of drug-likeness (QED) is 0.809. The van der Waals surface area contributed by atoms with Crippen LogP contribution in [-0.4, -0.2) is 49.3 Å². The number of esters is 1. The number of aromatic amines is 1. The summed E-state index contributed by atoms with van der Waals surface area (Å²) in [7, 11) is 3.13. The van der Waals surface area contributed by atoms with Gasteiger partial charge in [-0.3, -0.25) is 4.90 Å². The van der Waals surface area contributed by atoms with Crippen LogP contribution < -0.4 is 4.74 Å². The Labute approximate surface area is 164 Å². The number of methoxy groups -OCH3 is 2. The molecule has 0 radical (unpaired) electrons. The van der Waals surface area contributed by atoms with Crippen molar-refractivity contribution in [1.29, 1.82) is 0 Å². The monoisotopic (exact) mass is 382 g/mol. The fourth-order valence-electron chi connectivity index (χ4n) is 5.35. The number of nitrogens with zero attached hydrogens (tertiary/aromatic N) is 1. The number of carbonyl (C=O) groups is 1. The number of fused-ring (bicyclic) bond motifs is 6. The van der Waals surface area contributed by atoms with Gasteiger partial charge < -0.3 is 19.2 Å². The van der Waals surface area contributed by atoms with Gasteiger partial charge >= 0.3 is 5.97 Å². The number of nitrogens with one attached hydrogen (secondary N) is 1. The molecule has 28 heavy (non-hydrogen) atoms. The van der Waals surface area contributed by atoms with Crippen LogP contribution in [0.1, 0.15) is 30.6 Å². The minimum atomic E-state index is -0.271. The van der Waals surface area contributed by atoms with Crippen LogP contribution >= 0.6 is 0 Å². The van der Waals surface area contributed by atoms with Crippen LogP contribution in [0.4, 0.5) is 0 Å². The zero-order valence-corrected chi connectivity index (χ0v) is 16.5. The van der Waals surface area contributed by atoms with Crippen molar-refractivity contribution in [2.24, 2.45) is 11.8 Å². The molecule has 1 aromatic heterocycles. The zero-order valence-electron chi connectivity index (χ0n) is 16.5. The summed E-state index contributed by atoms with van der Waals surface area (Å²) in [5, 5.41) is 1.28. The Kier molecular flexibility index (Phi) is 4.12. The standard InChI is InChI=1S/C22H26N2O4/c1-12-17-10-24-7-6-15-14-5-4-13(26-2)8-19(14)23-21(15)20(24)9-16(17)18(11-28-12)22(25)27-3/h4-5,8,11-12,16-17,20,23H,6-7,9-10H2,1-3H3/t12?,16-,17-,20-/m0/s1. The van der Waals surface area contributed by atoms with Crippen LogP contribution in [0.15, 0.2) is 30.0 Å². The molecule has 1 fully saturated rings. The highest BCUT2D eigenvalue weighted by molar-refractivity contribution is 5.89. The Morgan fingerprint density at radius 3 is 2.96 bits per heavy atom. The van der Waals surface area contributed by atoms with Gasteiger partial charge in [0, 0.05) is 47.6 Å². The van der Waals surface area contributed by atoms with E-state index in [9.17, 15) is 4.79 Å². The van der Waals surface area contributed by atoms with E-state index < -0.39 is 0 Å². The number of ether oxygens (including phenoxy) is 3. The van der Waals surface area contributed by atoms with Crippen molar-refractivity contribution in [1.82, 2.24) is 9.88 Å².